The lowest BCUT2D eigenvalue weighted by Gasteiger charge is -2.29. The van der Waals surface area contributed by atoms with Gasteiger partial charge in [0.25, 0.3) is 0 Å². The van der Waals surface area contributed by atoms with Crippen molar-refractivity contribution in [2.24, 2.45) is 0 Å². The predicted molar refractivity (Wildman–Crippen MR) is 138 cm³/mol. The van der Waals surface area contributed by atoms with Crippen LogP contribution in [0.25, 0.3) is 22.2 Å². The van der Waals surface area contributed by atoms with Crippen LogP contribution in [-0.4, -0.2) is 52.1 Å². The molecule has 5 rings (SSSR count). The van der Waals surface area contributed by atoms with Gasteiger partial charge in [-0.1, -0.05) is 6.07 Å². The first-order valence-corrected chi connectivity index (χ1v) is 12.6. The van der Waals surface area contributed by atoms with Crippen LogP contribution in [0.3, 0.4) is 0 Å². The maximum atomic E-state index is 13.7. The van der Waals surface area contributed by atoms with Crippen molar-refractivity contribution in [2.75, 3.05) is 31.6 Å². The quantitative estimate of drug-likeness (QED) is 0.276. The van der Waals surface area contributed by atoms with Crippen LogP contribution in [0.15, 0.2) is 60.8 Å². The highest BCUT2D eigenvalue weighted by molar-refractivity contribution is 5.94. The van der Waals surface area contributed by atoms with E-state index in [9.17, 15) is 31.1 Å². The number of ether oxygens (including phenoxy) is 1. The molecule has 0 bridgehead atoms. The number of aromatic nitrogens is 3. The molecule has 13 heteroatoms. The average molecular weight is 576 g/mol. The third-order valence-electron chi connectivity index (χ3n) is 6.66. The third-order valence-corrected chi connectivity index (χ3v) is 6.66. The van der Waals surface area contributed by atoms with Gasteiger partial charge in [0.2, 0.25) is 5.91 Å². The molecule has 1 unspecified atom stereocenters. The smallest absolute Gasteiger partial charge is 0.378 e. The molecule has 3 heterocycles. The number of pyridine rings is 1. The number of nitrogens with one attached hydrogen (secondary N) is 1. The second-order valence-corrected chi connectivity index (χ2v) is 9.42. The second kappa shape index (κ2) is 11.0. The first-order valence-electron chi connectivity index (χ1n) is 12.6. The number of carbonyl (C=O) groups is 1. The molecule has 0 spiro atoms. The van der Waals surface area contributed by atoms with E-state index in [2.05, 4.69) is 20.3 Å². The number of morpholine rings is 1. The largest absolute Gasteiger partial charge is 0.418 e. The number of nitrogens with zero attached hydrogens (tertiary/aromatic N) is 4. The molecule has 1 atom stereocenters. The fourth-order valence-electron chi connectivity index (χ4n) is 4.50. The molecule has 1 fully saturated rings. The topological polar surface area (TPSA) is 80.2 Å². The normalized spacial score (nSPS) is 15.1. The number of rotatable bonds is 5. The second-order valence-electron chi connectivity index (χ2n) is 9.42. The number of hydrogen-bond acceptors (Lipinski definition) is 6. The number of alkyl halides is 6. The summed E-state index contributed by atoms with van der Waals surface area (Å²) in [5, 5.41) is 3.36. The molecule has 2 aromatic heterocycles. The van der Waals surface area contributed by atoms with E-state index in [4.69, 9.17) is 4.74 Å². The molecule has 0 aliphatic carbocycles. The average Bonchev–Trinajstić information content (AvgIpc) is 2.96. The molecule has 1 aliphatic rings. The van der Waals surface area contributed by atoms with Gasteiger partial charge in [0.15, 0.2) is 0 Å². The summed E-state index contributed by atoms with van der Waals surface area (Å²) >= 11 is 0. The van der Waals surface area contributed by atoms with Crippen LogP contribution in [-0.2, 0) is 21.9 Å². The Balaban J connectivity index is 1.60. The van der Waals surface area contributed by atoms with E-state index in [1.807, 2.05) is 0 Å². The summed E-state index contributed by atoms with van der Waals surface area (Å²) in [5.41, 5.74) is -1.40. The summed E-state index contributed by atoms with van der Waals surface area (Å²) in [6, 6.07) is 10.8. The molecule has 0 saturated carbocycles. The minimum absolute atomic E-state index is 0.0950. The van der Waals surface area contributed by atoms with Crippen molar-refractivity contribution in [1.82, 2.24) is 19.9 Å². The van der Waals surface area contributed by atoms with Gasteiger partial charge in [0.1, 0.15) is 11.6 Å². The van der Waals surface area contributed by atoms with Gasteiger partial charge in [-0.15, -0.1) is 0 Å². The molecule has 1 saturated heterocycles. The summed E-state index contributed by atoms with van der Waals surface area (Å²) in [7, 11) is 0. The Kier molecular flexibility index (Phi) is 7.56. The number of carbonyl (C=O) groups excluding carboxylic acids is 1. The first kappa shape index (κ1) is 28.3. The molecular formula is C28H23F6N5O2. The Bertz CT molecular complexity index is 1570. The maximum absolute atomic E-state index is 13.7. The van der Waals surface area contributed by atoms with Crippen molar-refractivity contribution in [3.8, 4) is 11.3 Å². The third kappa shape index (κ3) is 6.09. The SMILES string of the molecule is CC(C(=O)N1CCOCC1)c1nc(Nc2ccc(C(F)(F)F)cc2)c2ccc(-c3ncccc3C(F)(F)F)cc2n1. The Morgan fingerprint density at radius 3 is 2.32 bits per heavy atom. The van der Waals surface area contributed by atoms with Crippen LogP contribution in [0.2, 0.25) is 0 Å². The van der Waals surface area contributed by atoms with Crippen molar-refractivity contribution in [2.45, 2.75) is 25.2 Å². The van der Waals surface area contributed by atoms with Crippen molar-refractivity contribution in [1.29, 1.82) is 0 Å². The molecule has 41 heavy (non-hydrogen) atoms. The number of amides is 1. The van der Waals surface area contributed by atoms with Gasteiger partial charge in [-0.3, -0.25) is 9.78 Å². The van der Waals surface area contributed by atoms with Crippen molar-refractivity contribution < 1.29 is 35.9 Å². The minimum atomic E-state index is -4.65. The minimum Gasteiger partial charge on any atom is -0.378 e. The van der Waals surface area contributed by atoms with E-state index in [0.717, 1.165) is 18.2 Å². The molecule has 1 N–H and O–H groups in total. The van der Waals surface area contributed by atoms with Gasteiger partial charge in [0.05, 0.1) is 41.5 Å². The summed E-state index contributed by atoms with van der Waals surface area (Å²) in [5.74, 6) is -0.809. The lowest BCUT2D eigenvalue weighted by Crippen LogP contribution is -2.42. The van der Waals surface area contributed by atoms with Crippen LogP contribution in [0, 0.1) is 0 Å². The first-order chi connectivity index (χ1) is 19.4. The molecule has 1 aliphatic heterocycles. The van der Waals surface area contributed by atoms with Crippen LogP contribution >= 0.6 is 0 Å². The molecule has 1 amide bonds. The Morgan fingerprint density at radius 2 is 1.66 bits per heavy atom. The summed E-state index contributed by atoms with van der Waals surface area (Å²) in [6.45, 7) is 3.15. The Labute approximate surface area is 230 Å². The van der Waals surface area contributed by atoms with E-state index in [0.29, 0.717) is 31.7 Å². The Hall–Kier alpha value is -4.26. The van der Waals surface area contributed by atoms with Crippen LogP contribution in [0.1, 0.15) is 29.8 Å². The van der Waals surface area contributed by atoms with Crippen molar-refractivity contribution >= 4 is 28.3 Å². The number of hydrogen-bond donors (Lipinski definition) is 1. The summed E-state index contributed by atoms with van der Waals surface area (Å²) < 4.78 is 85.5. The van der Waals surface area contributed by atoms with Gasteiger partial charge in [-0.2, -0.15) is 26.3 Å². The van der Waals surface area contributed by atoms with E-state index in [1.54, 1.807) is 11.8 Å². The standard InChI is InChI=1S/C28H23F6N5O2/c1-16(26(40)39-11-13-41-14-12-39)24-37-22-15-17(23-21(28(32,33)34)3-2-10-35-23)4-9-20(22)25(38-24)36-19-7-5-18(6-8-19)27(29,30)31/h2-10,15-16H,11-14H2,1H3,(H,36,37,38). The van der Waals surface area contributed by atoms with Gasteiger partial charge >= 0.3 is 12.4 Å². The van der Waals surface area contributed by atoms with Crippen LogP contribution in [0.5, 0.6) is 0 Å². The number of fused-ring (bicyclic) bond motifs is 1. The number of benzene rings is 2. The lowest BCUT2D eigenvalue weighted by molar-refractivity contribution is -0.138. The van der Waals surface area contributed by atoms with Crippen molar-refractivity contribution in [3.63, 3.8) is 0 Å². The number of anilines is 2. The molecule has 2 aromatic carbocycles. The summed E-state index contributed by atoms with van der Waals surface area (Å²) in [4.78, 5) is 27.8. The highest BCUT2D eigenvalue weighted by Crippen LogP contribution is 2.37. The van der Waals surface area contributed by atoms with E-state index >= 15 is 0 Å². The molecular weight excluding hydrogens is 552 g/mol. The van der Waals surface area contributed by atoms with Gasteiger partial charge in [0, 0.05) is 35.9 Å². The zero-order chi connectivity index (χ0) is 29.4. The van der Waals surface area contributed by atoms with E-state index in [-0.39, 0.29) is 40.0 Å². The van der Waals surface area contributed by atoms with Gasteiger partial charge in [-0.05, 0) is 55.5 Å². The van der Waals surface area contributed by atoms with Gasteiger partial charge in [-0.25, -0.2) is 9.97 Å². The zero-order valence-electron chi connectivity index (χ0n) is 21.6. The highest BCUT2D eigenvalue weighted by Gasteiger charge is 2.34. The summed E-state index contributed by atoms with van der Waals surface area (Å²) in [6.07, 6.45) is -7.91. The highest BCUT2D eigenvalue weighted by atomic mass is 19.4. The van der Waals surface area contributed by atoms with E-state index < -0.39 is 29.4 Å². The molecule has 214 valence electrons. The zero-order valence-corrected chi connectivity index (χ0v) is 21.6. The fraction of sp³-hybridized carbons (Fsp3) is 0.286. The van der Waals surface area contributed by atoms with E-state index in [1.165, 1.54) is 42.6 Å². The Morgan fingerprint density at radius 1 is 0.951 bits per heavy atom. The monoisotopic (exact) mass is 575 g/mol. The maximum Gasteiger partial charge on any atom is 0.418 e. The number of halogens is 6. The lowest BCUT2D eigenvalue weighted by atomic mass is 10.0. The molecule has 4 aromatic rings. The molecule has 0 radical (unpaired) electrons. The van der Waals surface area contributed by atoms with Crippen molar-refractivity contribution in [3.05, 3.63) is 77.7 Å². The fourth-order valence-corrected chi connectivity index (χ4v) is 4.50. The van der Waals surface area contributed by atoms with Crippen LogP contribution in [0.4, 0.5) is 37.8 Å². The molecule has 7 nitrogen and oxygen atoms in total. The predicted octanol–water partition coefficient (Wildman–Crippen LogP) is 6.44. The van der Waals surface area contributed by atoms with Crippen LogP contribution < -0.4 is 5.32 Å². The van der Waals surface area contributed by atoms with Gasteiger partial charge < -0.3 is 15.0 Å².